The van der Waals surface area contributed by atoms with E-state index in [1.54, 1.807) is 36.4 Å². The molecule has 0 saturated carbocycles. The van der Waals surface area contributed by atoms with E-state index < -0.39 is 11.9 Å². The topological polar surface area (TPSA) is 111 Å². The Balaban J connectivity index is 1.27. The van der Waals surface area contributed by atoms with Gasteiger partial charge in [-0.1, -0.05) is 63.2 Å². The number of carbonyl (C=O) groups is 2. The number of rotatable bonds is 7. The summed E-state index contributed by atoms with van der Waals surface area (Å²) in [6, 6.07) is 23.6. The number of hydrogen-bond donors (Lipinski definition) is 1. The molecule has 0 bridgehead atoms. The van der Waals surface area contributed by atoms with Gasteiger partial charge >= 0.3 is 5.97 Å². The van der Waals surface area contributed by atoms with Gasteiger partial charge in [0.1, 0.15) is 12.3 Å². The van der Waals surface area contributed by atoms with Crippen LogP contribution in [-0.2, 0) is 16.8 Å². The van der Waals surface area contributed by atoms with E-state index in [9.17, 15) is 9.59 Å². The lowest BCUT2D eigenvalue weighted by molar-refractivity contribution is -0.122. The van der Waals surface area contributed by atoms with Crippen molar-refractivity contribution in [3.63, 3.8) is 0 Å². The Morgan fingerprint density at radius 3 is 2.33 bits per heavy atom. The molecular weight excluding hydrogens is 456 g/mol. The first kappa shape index (κ1) is 24.5. The summed E-state index contributed by atoms with van der Waals surface area (Å²) in [6.07, 6.45) is 1.49. The van der Waals surface area contributed by atoms with Crippen molar-refractivity contribution in [2.45, 2.75) is 32.7 Å². The van der Waals surface area contributed by atoms with Crippen LogP contribution in [0.4, 0.5) is 0 Å². The van der Waals surface area contributed by atoms with Crippen molar-refractivity contribution in [3.8, 4) is 17.1 Å². The quantitative estimate of drug-likeness (QED) is 0.184. The average molecular weight is 483 g/mol. The molecule has 1 N–H and O–H groups in total. The number of nitrogens with one attached hydrogen (secondary N) is 1. The van der Waals surface area contributed by atoms with E-state index in [1.165, 1.54) is 11.0 Å². The van der Waals surface area contributed by atoms with Crippen LogP contribution in [0.25, 0.3) is 11.4 Å². The van der Waals surface area contributed by atoms with Crippen LogP contribution in [0, 0.1) is 0 Å². The second-order valence-corrected chi connectivity index (χ2v) is 9.09. The van der Waals surface area contributed by atoms with Gasteiger partial charge in [-0.2, -0.15) is 9.90 Å². The Labute approximate surface area is 208 Å². The first-order valence-electron chi connectivity index (χ1n) is 11.4. The molecule has 36 heavy (non-hydrogen) atoms. The number of aromatic nitrogens is 4. The number of hydrogen-bond acceptors (Lipinski definition) is 7. The Kier molecular flexibility index (Phi) is 7.29. The molecule has 0 aliphatic rings. The van der Waals surface area contributed by atoms with Gasteiger partial charge in [0.2, 0.25) is 5.82 Å². The van der Waals surface area contributed by atoms with Crippen LogP contribution in [0.1, 0.15) is 42.3 Å². The predicted molar refractivity (Wildman–Crippen MR) is 136 cm³/mol. The van der Waals surface area contributed by atoms with Crippen molar-refractivity contribution in [3.05, 3.63) is 95.6 Å². The fourth-order valence-electron chi connectivity index (χ4n) is 3.25. The van der Waals surface area contributed by atoms with Gasteiger partial charge in [-0.25, -0.2) is 10.2 Å². The summed E-state index contributed by atoms with van der Waals surface area (Å²) in [5, 5.41) is 16.0. The fourth-order valence-corrected chi connectivity index (χ4v) is 3.25. The summed E-state index contributed by atoms with van der Waals surface area (Å²) in [7, 11) is 0. The normalized spacial score (nSPS) is 11.4. The number of carbonyl (C=O) groups excluding carboxylic acids is 2. The van der Waals surface area contributed by atoms with Gasteiger partial charge in [-0.3, -0.25) is 4.79 Å². The van der Waals surface area contributed by atoms with Gasteiger partial charge in [0.05, 0.1) is 11.8 Å². The number of hydrazone groups is 1. The zero-order chi connectivity index (χ0) is 25.5. The maximum absolute atomic E-state index is 12.4. The lowest BCUT2D eigenvalue weighted by Crippen LogP contribution is -2.24. The summed E-state index contributed by atoms with van der Waals surface area (Å²) in [6.45, 7) is 6.23. The molecule has 182 valence electrons. The average Bonchev–Trinajstić information content (AvgIpc) is 3.33. The van der Waals surface area contributed by atoms with Gasteiger partial charge in [-0.15, -0.1) is 10.2 Å². The molecule has 9 nitrogen and oxygen atoms in total. The minimum atomic E-state index is -0.429. The Morgan fingerprint density at radius 2 is 1.67 bits per heavy atom. The van der Waals surface area contributed by atoms with E-state index in [-0.39, 0.29) is 12.0 Å². The van der Waals surface area contributed by atoms with Crippen molar-refractivity contribution in [2.24, 2.45) is 5.10 Å². The number of amides is 1. The van der Waals surface area contributed by atoms with E-state index in [0.717, 1.165) is 16.7 Å². The van der Waals surface area contributed by atoms with Crippen molar-refractivity contribution in [1.29, 1.82) is 0 Å². The van der Waals surface area contributed by atoms with E-state index in [0.29, 0.717) is 17.1 Å². The second-order valence-electron chi connectivity index (χ2n) is 9.09. The summed E-state index contributed by atoms with van der Waals surface area (Å²) >= 11 is 0. The fraction of sp³-hybridized carbons (Fsp3) is 0.185. The first-order valence-corrected chi connectivity index (χ1v) is 11.4. The third kappa shape index (κ3) is 6.47. The van der Waals surface area contributed by atoms with E-state index in [4.69, 9.17) is 4.74 Å². The maximum Gasteiger partial charge on any atom is 0.343 e. The van der Waals surface area contributed by atoms with Crippen molar-refractivity contribution >= 4 is 18.1 Å². The van der Waals surface area contributed by atoms with E-state index in [1.807, 2.05) is 42.5 Å². The summed E-state index contributed by atoms with van der Waals surface area (Å²) in [4.78, 5) is 25.8. The largest absolute Gasteiger partial charge is 0.423 e. The van der Waals surface area contributed by atoms with Crippen molar-refractivity contribution in [1.82, 2.24) is 25.6 Å². The van der Waals surface area contributed by atoms with Crippen LogP contribution in [0.5, 0.6) is 5.75 Å². The van der Waals surface area contributed by atoms with Crippen LogP contribution in [0.3, 0.4) is 0 Å². The molecule has 4 aromatic rings. The van der Waals surface area contributed by atoms with Crippen LogP contribution in [-0.4, -0.2) is 38.3 Å². The smallest absolute Gasteiger partial charge is 0.343 e. The monoisotopic (exact) mass is 482 g/mol. The lowest BCUT2D eigenvalue weighted by atomic mass is 9.87. The molecule has 3 aromatic carbocycles. The highest BCUT2D eigenvalue weighted by molar-refractivity contribution is 5.91. The molecule has 9 heteroatoms. The van der Waals surface area contributed by atoms with Crippen molar-refractivity contribution < 1.29 is 14.3 Å². The third-order valence-electron chi connectivity index (χ3n) is 5.25. The van der Waals surface area contributed by atoms with E-state index in [2.05, 4.69) is 46.7 Å². The molecule has 0 aliphatic carbocycles. The Morgan fingerprint density at radius 1 is 0.972 bits per heavy atom. The standard InChI is InChI=1S/C27H26N6O3/c1-27(2,3)22-13-11-21(12-14-22)26(35)36-23-15-9-19(10-16-23)17-28-29-24(34)18-33-31-25(30-32-33)20-7-5-4-6-8-20/h4-17H,18H2,1-3H3,(H,29,34)/b28-17-. The van der Waals surface area contributed by atoms with Gasteiger partial charge < -0.3 is 4.74 Å². The van der Waals surface area contributed by atoms with Gasteiger partial charge in [0, 0.05) is 5.56 Å². The highest BCUT2D eigenvalue weighted by atomic mass is 16.5. The SMILES string of the molecule is CC(C)(C)c1ccc(C(=O)Oc2ccc(/C=N\NC(=O)Cn3nnc(-c4ccccc4)n3)cc2)cc1. The highest BCUT2D eigenvalue weighted by Gasteiger charge is 2.15. The molecule has 0 unspecified atom stereocenters. The number of tetrazole rings is 1. The van der Waals surface area contributed by atoms with Crippen molar-refractivity contribution in [2.75, 3.05) is 0 Å². The number of nitrogens with zero attached hydrogens (tertiary/aromatic N) is 5. The van der Waals surface area contributed by atoms with Gasteiger partial charge in [-0.05, 0) is 58.2 Å². The molecular formula is C27H26N6O3. The number of benzene rings is 3. The molecule has 1 amide bonds. The molecule has 0 aliphatic heterocycles. The first-order chi connectivity index (χ1) is 17.3. The minimum Gasteiger partial charge on any atom is -0.423 e. The molecule has 1 heterocycles. The van der Waals surface area contributed by atoms with Crippen LogP contribution >= 0.6 is 0 Å². The predicted octanol–water partition coefficient (Wildman–Crippen LogP) is 4.01. The molecule has 0 radical (unpaired) electrons. The molecule has 0 spiro atoms. The van der Waals surface area contributed by atoms with Crippen LogP contribution in [0.15, 0.2) is 84.0 Å². The Hall–Kier alpha value is -4.66. The van der Waals surface area contributed by atoms with Crippen LogP contribution in [0.2, 0.25) is 0 Å². The molecule has 0 atom stereocenters. The lowest BCUT2D eigenvalue weighted by Gasteiger charge is -2.18. The highest BCUT2D eigenvalue weighted by Crippen LogP contribution is 2.22. The maximum atomic E-state index is 12.4. The third-order valence-corrected chi connectivity index (χ3v) is 5.25. The van der Waals surface area contributed by atoms with E-state index >= 15 is 0 Å². The number of esters is 1. The Bertz CT molecular complexity index is 1360. The second kappa shape index (κ2) is 10.7. The van der Waals surface area contributed by atoms with Crippen LogP contribution < -0.4 is 10.2 Å². The summed E-state index contributed by atoms with van der Waals surface area (Å²) in [5.74, 6) is 0.0229. The number of ether oxygens (including phenoxy) is 1. The zero-order valence-corrected chi connectivity index (χ0v) is 20.3. The molecule has 0 fully saturated rings. The van der Waals surface area contributed by atoms with Gasteiger partial charge in [0.15, 0.2) is 0 Å². The van der Waals surface area contributed by atoms with Gasteiger partial charge in [0.25, 0.3) is 5.91 Å². The zero-order valence-electron chi connectivity index (χ0n) is 20.3. The molecule has 1 aromatic heterocycles. The summed E-state index contributed by atoms with van der Waals surface area (Å²) < 4.78 is 5.45. The minimum absolute atomic E-state index is 0.0123. The molecule has 0 saturated heterocycles. The summed E-state index contributed by atoms with van der Waals surface area (Å²) in [5.41, 5.74) is 5.60. The molecule has 4 rings (SSSR count).